The molecule has 1 unspecified atom stereocenters. The van der Waals surface area contributed by atoms with Gasteiger partial charge in [-0.2, -0.15) is 0 Å². The quantitative estimate of drug-likeness (QED) is 0.641. The summed E-state index contributed by atoms with van der Waals surface area (Å²) < 4.78 is 26.6. The zero-order valence-corrected chi connectivity index (χ0v) is 12.1. The van der Waals surface area contributed by atoms with Gasteiger partial charge in [-0.15, -0.1) is 0 Å². The zero-order chi connectivity index (χ0) is 13.7. The van der Waals surface area contributed by atoms with E-state index >= 15 is 0 Å². The molecule has 0 saturated carbocycles. The SMILES string of the molecule is CC(CCBr)CNC(=O)c1cc(F)c(Cl)cc1F. The molecule has 1 aromatic rings. The van der Waals surface area contributed by atoms with Crippen LogP contribution in [0, 0.1) is 17.6 Å². The number of amides is 1. The minimum absolute atomic E-state index is 0.258. The largest absolute Gasteiger partial charge is 0.352 e. The summed E-state index contributed by atoms with van der Waals surface area (Å²) in [5, 5.41) is 3.05. The number of benzene rings is 1. The molecule has 0 fully saturated rings. The van der Waals surface area contributed by atoms with Crippen molar-refractivity contribution < 1.29 is 13.6 Å². The Kier molecular flexibility index (Phi) is 6.02. The molecule has 0 heterocycles. The van der Waals surface area contributed by atoms with E-state index in [0.29, 0.717) is 6.54 Å². The highest BCUT2D eigenvalue weighted by atomic mass is 79.9. The lowest BCUT2D eigenvalue weighted by atomic mass is 10.1. The van der Waals surface area contributed by atoms with Crippen LogP contribution in [0.15, 0.2) is 12.1 Å². The van der Waals surface area contributed by atoms with Crippen molar-refractivity contribution in [2.75, 3.05) is 11.9 Å². The molecule has 0 aliphatic carbocycles. The summed E-state index contributed by atoms with van der Waals surface area (Å²) in [6, 6.07) is 1.61. The van der Waals surface area contributed by atoms with Crippen LogP contribution in [0.3, 0.4) is 0 Å². The molecule has 0 aliphatic heterocycles. The highest BCUT2D eigenvalue weighted by Gasteiger charge is 2.15. The molecule has 0 bridgehead atoms. The third-order valence-corrected chi connectivity index (χ3v) is 3.22. The first-order chi connectivity index (χ1) is 8.45. The van der Waals surface area contributed by atoms with Gasteiger partial charge in [0.2, 0.25) is 0 Å². The van der Waals surface area contributed by atoms with Crippen molar-refractivity contribution in [2.24, 2.45) is 5.92 Å². The van der Waals surface area contributed by atoms with Crippen LogP contribution in [0.1, 0.15) is 23.7 Å². The van der Waals surface area contributed by atoms with Crippen molar-refractivity contribution in [3.05, 3.63) is 34.4 Å². The maximum atomic E-state index is 13.4. The van der Waals surface area contributed by atoms with Crippen molar-refractivity contribution in [1.82, 2.24) is 5.32 Å². The number of carbonyl (C=O) groups is 1. The van der Waals surface area contributed by atoms with Gasteiger partial charge < -0.3 is 5.32 Å². The van der Waals surface area contributed by atoms with Crippen molar-refractivity contribution >= 4 is 33.4 Å². The summed E-state index contributed by atoms with van der Waals surface area (Å²) in [7, 11) is 0. The molecular formula is C12H13BrClF2NO. The Balaban J connectivity index is 2.70. The van der Waals surface area contributed by atoms with E-state index in [1.165, 1.54) is 0 Å². The van der Waals surface area contributed by atoms with Gasteiger partial charge in [-0.1, -0.05) is 34.5 Å². The number of rotatable bonds is 5. The summed E-state index contributed by atoms with van der Waals surface area (Å²) in [6.07, 6.45) is 0.887. The predicted octanol–water partition coefficient (Wildman–Crippen LogP) is 3.77. The monoisotopic (exact) mass is 339 g/mol. The smallest absolute Gasteiger partial charge is 0.254 e. The van der Waals surface area contributed by atoms with Crippen LogP contribution in [0.4, 0.5) is 8.78 Å². The maximum Gasteiger partial charge on any atom is 0.254 e. The van der Waals surface area contributed by atoms with Gasteiger partial charge in [0.05, 0.1) is 10.6 Å². The van der Waals surface area contributed by atoms with E-state index in [9.17, 15) is 13.6 Å². The molecular weight excluding hydrogens is 327 g/mol. The molecule has 1 aromatic carbocycles. The minimum atomic E-state index is -0.827. The number of nitrogens with one attached hydrogen (secondary N) is 1. The van der Waals surface area contributed by atoms with Gasteiger partial charge in [0.1, 0.15) is 11.6 Å². The standard InChI is InChI=1S/C12H13BrClF2NO/c1-7(2-3-13)6-17-12(18)8-4-11(16)9(14)5-10(8)15/h4-5,7H,2-3,6H2,1H3,(H,17,18). The number of carbonyl (C=O) groups excluding carboxylic acids is 1. The predicted molar refractivity (Wildman–Crippen MR) is 71.3 cm³/mol. The van der Waals surface area contributed by atoms with E-state index in [-0.39, 0.29) is 16.5 Å². The molecule has 100 valence electrons. The molecule has 0 radical (unpaired) electrons. The summed E-state index contributed by atoms with van der Waals surface area (Å²) in [5.41, 5.74) is -0.331. The molecule has 1 atom stereocenters. The normalized spacial score (nSPS) is 12.3. The molecule has 6 heteroatoms. The van der Waals surface area contributed by atoms with Gasteiger partial charge in [-0.05, 0) is 24.5 Å². The van der Waals surface area contributed by atoms with Gasteiger partial charge in [0.15, 0.2) is 0 Å². The van der Waals surface area contributed by atoms with E-state index in [2.05, 4.69) is 21.2 Å². The zero-order valence-electron chi connectivity index (χ0n) is 9.77. The van der Waals surface area contributed by atoms with Crippen LogP contribution in [0.25, 0.3) is 0 Å². The second-order valence-electron chi connectivity index (χ2n) is 4.04. The maximum absolute atomic E-state index is 13.4. The summed E-state index contributed by atoms with van der Waals surface area (Å²) in [6.45, 7) is 2.37. The Labute approximate surface area is 118 Å². The average Bonchev–Trinajstić information content (AvgIpc) is 2.31. The van der Waals surface area contributed by atoms with Gasteiger partial charge in [0, 0.05) is 11.9 Å². The van der Waals surface area contributed by atoms with E-state index < -0.39 is 17.5 Å². The van der Waals surface area contributed by atoms with E-state index in [4.69, 9.17) is 11.6 Å². The van der Waals surface area contributed by atoms with Crippen LogP contribution in [0.2, 0.25) is 5.02 Å². The number of halogens is 4. The highest BCUT2D eigenvalue weighted by Crippen LogP contribution is 2.19. The molecule has 18 heavy (non-hydrogen) atoms. The lowest BCUT2D eigenvalue weighted by Gasteiger charge is -2.11. The first kappa shape index (κ1) is 15.4. The second kappa shape index (κ2) is 7.04. The lowest BCUT2D eigenvalue weighted by molar-refractivity contribution is 0.0943. The molecule has 0 saturated heterocycles. The first-order valence-electron chi connectivity index (χ1n) is 5.44. The Morgan fingerprint density at radius 3 is 2.72 bits per heavy atom. The van der Waals surface area contributed by atoms with Crippen LogP contribution < -0.4 is 5.32 Å². The van der Waals surface area contributed by atoms with Crippen molar-refractivity contribution in [3.8, 4) is 0 Å². The lowest BCUT2D eigenvalue weighted by Crippen LogP contribution is -2.29. The Hall–Kier alpha value is -0.680. The van der Waals surface area contributed by atoms with Crippen LogP contribution in [-0.4, -0.2) is 17.8 Å². The van der Waals surface area contributed by atoms with Crippen molar-refractivity contribution in [1.29, 1.82) is 0 Å². The highest BCUT2D eigenvalue weighted by molar-refractivity contribution is 9.09. The fraction of sp³-hybridized carbons (Fsp3) is 0.417. The minimum Gasteiger partial charge on any atom is -0.352 e. The fourth-order valence-corrected chi connectivity index (χ4v) is 2.28. The van der Waals surface area contributed by atoms with E-state index in [1.807, 2.05) is 6.92 Å². The summed E-state index contributed by atoms with van der Waals surface area (Å²) >= 11 is 8.70. The van der Waals surface area contributed by atoms with Gasteiger partial charge >= 0.3 is 0 Å². The number of hydrogen-bond acceptors (Lipinski definition) is 1. The number of alkyl halides is 1. The Morgan fingerprint density at radius 2 is 2.11 bits per heavy atom. The summed E-state index contributed by atoms with van der Waals surface area (Å²) in [4.78, 5) is 11.7. The molecule has 0 aromatic heterocycles. The third-order valence-electron chi connectivity index (χ3n) is 2.47. The molecule has 1 N–H and O–H groups in total. The second-order valence-corrected chi connectivity index (χ2v) is 5.24. The van der Waals surface area contributed by atoms with Crippen LogP contribution >= 0.6 is 27.5 Å². The molecule has 1 rings (SSSR count). The molecule has 0 spiro atoms. The van der Waals surface area contributed by atoms with Crippen molar-refractivity contribution in [2.45, 2.75) is 13.3 Å². The third kappa shape index (κ3) is 4.21. The average molecular weight is 341 g/mol. The fourth-order valence-electron chi connectivity index (χ4n) is 1.35. The van der Waals surface area contributed by atoms with Crippen LogP contribution in [0.5, 0.6) is 0 Å². The van der Waals surface area contributed by atoms with Gasteiger partial charge in [-0.3, -0.25) is 4.79 Å². The van der Waals surface area contributed by atoms with Crippen LogP contribution in [-0.2, 0) is 0 Å². The van der Waals surface area contributed by atoms with Gasteiger partial charge in [0.25, 0.3) is 5.91 Å². The summed E-state index contributed by atoms with van der Waals surface area (Å²) in [5.74, 6) is -2.01. The van der Waals surface area contributed by atoms with Crippen molar-refractivity contribution in [3.63, 3.8) is 0 Å². The molecule has 0 aliphatic rings. The molecule has 1 amide bonds. The topological polar surface area (TPSA) is 29.1 Å². The Bertz CT molecular complexity index is 442. The molecule has 2 nitrogen and oxygen atoms in total. The van der Waals surface area contributed by atoms with Gasteiger partial charge in [-0.25, -0.2) is 8.78 Å². The van der Waals surface area contributed by atoms with E-state index in [1.54, 1.807) is 0 Å². The first-order valence-corrected chi connectivity index (χ1v) is 6.94. The number of hydrogen-bond donors (Lipinski definition) is 1. The van der Waals surface area contributed by atoms with E-state index in [0.717, 1.165) is 23.9 Å². The Morgan fingerprint density at radius 1 is 1.44 bits per heavy atom.